The van der Waals surface area contributed by atoms with Crippen LogP contribution in [-0.4, -0.2) is 11.1 Å². The van der Waals surface area contributed by atoms with Crippen molar-refractivity contribution in [2.24, 2.45) is 5.92 Å². The minimum atomic E-state index is -0.767. The highest BCUT2D eigenvalue weighted by Gasteiger charge is 2.13. The number of benzene rings is 1. The number of carboxylic acids is 1. The number of carbonyl (C=O) groups is 1. The van der Waals surface area contributed by atoms with E-state index < -0.39 is 11.9 Å². The second-order valence-electron chi connectivity index (χ2n) is 4.90. The van der Waals surface area contributed by atoms with E-state index in [0.29, 0.717) is 5.92 Å². The molecule has 1 aromatic rings. The fourth-order valence-electron chi connectivity index (χ4n) is 2.08. The summed E-state index contributed by atoms with van der Waals surface area (Å²) in [7, 11) is 0. The Bertz CT molecular complexity index is 354. The minimum absolute atomic E-state index is 0.419. The topological polar surface area (TPSA) is 37.3 Å². The first kappa shape index (κ1) is 13.8. The third kappa shape index (κ3) is 4.22. The van der Waals surface area contributed by atoms with Crippen molar-refractivity contribution in [3.63, 3.8) is 0 Å². The highest BCUT2D eigenvalue weighted by atomic mass is 16.4. The fraction of sp³-hybridized carbons (Fsp3) is 0.533. The molecule has 2 nitrogen and oxygen atoms in total. The predicted octanol–water partition coefficient (Wildman–Crippen LogP) is 3.85. The van der Waals surface area contributed by atoms with E-state index in [0.717, 1.165) is 12.0 Å². The lowest BCUT2D eigenvalue weighted by molar-refractivity contribution is -0.138. The number of aliphatic carboxylic acids is 1. The standard InChI is InChI=1S/C15H22O2/c1-4-5-11(2)10-13-6-8-14(9-7-13)12(3)15(16)17/h6-9,11-12H,4-5,10H2,1-3H3,(H,16,17). The summed E-state index contributed by atoms with van der Waals surface area (Å²) < 4.78 is 0. The molecule has 17 heavy (non-hydrogen) atoms. The third-order valence-electron chi connectivity index (χ3n) is 3.22. The van der Waals surface area contributed by atoms with Crippen LogP contribution in [0.3, 0.4) is 0 Å². The highest BCUT2D eigenvalue weighted by molar-refractivity contribution is 5.75. The molecule has 94 valence electrons. The van der Waals surface area contributed by atoms with Crippen molar-refractivity contribution in [1.29, 1.82) is 0 Å². The summed E-state index contributed by atoms with van der Waals surface area (Å²) in [5.41, 5.74) is 2.18. The molecule has 2 atom stereocenters. The summed E-state index contributed by atoms with van der Waals surface area (Å²) in [6.07, 6.45) is 3.54. The molecule has 0 saturated carbocycles. The zero-order chi connectivity index (χ0) is 12.8. The SMILES string of the molecule is CCCC(C)Cc1ccc(C(C)C(=O)O)cc1. The second kappa shape index (κ2) is 6.43. The largest absolute Gasteiger partial charge is 0.481 e. The van der Waals surface area contributed by atoms with Crippen LogP contribution in [0, 0.1) is 5.92 Å². The van der Waals surface area contributed by atoms with E-state index in [4.69, 9.17) is 5.11 Å². The minimum Gasteiger partial charge on any atom is -0.481 e. The first-order valence-corrected chi connectivity index (χ1v) is 6.36. The van der Waals surface area contributed by atoms with E-state index in [1.54, 1.807) is 6.92 Å². The van der Waals surface area contributed by atoms with Crippen molar-refractivity contribution in [1.82, 2.24) is 0 Å². The van der Waals surface area contributed by atoms with Crippen molar-refractivity contribution < 1.29 is 9.90 Å². The molecule has 0 heterocycles. The first-order chi connectivity index (χ1) is 8.04. The molecule has 0 aliphatic rings. The van der Waals surface area contributed by atoms with E-state index >= 15 is 0 Å². The molecule has 2 heteroatoms. The molecular formula is C15H22O2. The van der Waals surface area contributed by atoms with Gasteiger partial charge in [-0.2, -0.15) is 0 Å². The van der Waals surface area contributed by atoms with Gasteiger partial charge in [0.15, 0.2) is 0 Å². The van der Waals surface area contributed by atoms with Crippen LogP contribution < -0.4 is 0 Å². The van der Waals surface area contributed by atoms with E-state index in [9.17, 15) is 4.79 Å². The van der Waals surface area contributed by atoms with Crippen LogP contribution in [0.2, 0.25) is 0 Å². The van der Waals surface area contributed by atoms with Crippen LogP contribution in [0.15, 0.2) is 24.3 Å². The Labute approximate surface area is 104 Å². The Kier molecular flexibility index (Phi) is 5.20. The van der Waals surface area contributed by atoms with Gasteiger partial charge < -0.3 is 5.11 Å². The van der Waals surface area contributed by atoms with Crippen LogP contribution >= 0.6 is 0 Å². The molecule has 0 radical (unpaired) electrons. The maximum Gasteiger partial charge on any atom is 0.310 e. The Morgan fingerprint density at radius 2 is 1.82 bits per heavy atom. The molecule has 0 spiro atoms. The van der Waals surface area contributed by atoms with Crippen LogP contribution in [0.5, 0.6) is 0 Å². The summed E-state index contributed by atoms with van der Waals surface area (Å²) >= 11 is 0. The molecule has 0 bridgehead atoms. The van der Waals surface area contributed by atoms with Gasteiger partial charge in [0.1, 0.15) is 0 Å². The molecule has 1 aromatic carbocycles. The van der Waals surface area contributed by atoms with E-state index in [2.05, 4.69) is 26.0 Å². The van der Waals surface area contributed by atoms with Gasteiger partial charge in [-0.05, 0) is 30.4 Å². The molecule has 1 rings (SSSR count). The summed E-state index contributed by atoms with van der Waals surface area (Å²) in [5.74, 6) is -0.489. The van der Waals surface area contributed by atoms with E-state index in [1.807, 2.05) is 12.1 Å². The summed E-state index contributed by atoms with van der Waals surface area (Å²) in [4.78, 5) is 10.8. The molecule has 2 unspecified atom stereocenters. The zero-order valence-corrected chi connectivity index (χ0v) is 10.9. The number of rotatable bonds is 6. The quantitative estimate of drug-likeness (QED) is 0.811. The van der Waals surface area contributed by atoms with Crippen LogP contribution in [0.1, 0.15) is 50.7 Å². The van der Waals surface area contributed by atoms with Crippen molar-refractivity contribution in [2.45, 2.75) is 46.0 Å². The molecule has 1 N–H and O–H groups in total. The molecule has 0 aromatic heterocycles. The molecule has 0 fully saturated rings. The van der Waals surface area contributed by atoms with Crippen LogP contribution in [-0.2, 0) is 11.2 Å². The zero-order valence-electron chi connectivity index (χ0n) is 10.9. The van der Waals surface area contributed by atoms with Gasteiger partial charge in [-0.25, -0.2) is 0 Å². The lowest BCUT2D eigenvalue weighted by Gasteiger charge is -2.11. The Balaban J connectivity index is 2.65. The van der Waals surface area contributed by atoms with Gasteiger partial charge in [0, 0.05) is 0 Å². The molecule has 0 aliphatic carbocycles. The van der Waals surface area contributed by atoms with Gasteiger partial charge >= 0.3 is 5.97 Å². The number of hydrogen-bond acceptors (Lipinski definition) is 1. The van der Waals surface area contributed by atoms with Crippen molar-refractivity contribution in [3.8, 4) is 0 Å². The summed E-state index contributed by atoms with van der Waals surface area (Å²) in [6.45, 7) is 6.18. The summed E-state index contributed by atoms with van der Waals surface area (Å²) in [5, 5.41) is 8.92. The maximum atomic E-state index is 10.8. The van der Waals surface area contributed by atoms with Gasteiger partial charge in [-0.3, -0.25) is 4.79 Å². The average Bonchev–Trinajstić information content (AvgIpc) is 2.29. The summed E-state index contributed by atoms with van der Waals surface area (Å²) in [6, 6.07) is 7.99. The van der Waals surface area contributed by atoms with Gasteiger partial charge in [-0.1, -0.05) is 51.0 Å². The van der Waals surface area contributed by atoms with E-state index in [1.165, 1.54) is 18.4 Å². The van der Waals surface area contributed by atoms with Crippen molar-refractivity contribution in [3.05, 3.63) is 35.4 Å². The Morgan fingerprint density at radius 3 is 2.29 bits per heavy atom. The first-order valence-electron chi connectivity index (χ1n) is 6.36. The monoisotopic (exact) mass is 234 g/mol. The Morgan fingerprint density at radius 1 is 1.24 bits per heavy atom. The molecule has 0 amide bonds. The fourth-order valence-corrected chi connectivity index (χ4v) is 2.08. The van der Waals surface area contributed by atoms with Crippen molar-refractivity contribution in [2.75, 3.05) is 0 Å². The molecule has 0 aliphatic heterocycles. The van der Waals surface area contributed by atoms with Gasteiger partial charge in [0.2, 0.25) is 0 Å². The van der Waals surface area contributed by atoms with E-state index in [-0.39, 0.29) is 0 Å². The molecule has 0 saturated heterocycles. The molecular weight excluding hydrogens is 212 g/mol. The number of carboxylic acid groups (broad SMARTS) is 1. The number of hydrogen-bond donors (Lipinski definition) is 1. The lowest BCUT2D eigenvalue weighted by atomic mass is 9.94. The average molecular weight is 234 g/mol. The lowest BCUT2D eigenvalue weighted by Crippen LogP contribution is -2.07. The predicted molar refractivity (Wildman–Crippen MR) is 70.3 cm³/mol. The van der Waals surface area contributed by atoms with Crippen molar-refractivity contribution >= 4 is 5.97 Å². The van der Waals surface area contributed by atoms with Gasteiger partial charge in [0.05, 0.1) is 5.92 Å². The van der Waals surface area contributed by atoms with Crippen LogP contribution in [0.25, 0.3) is 0 Å². The Hall–Kier alpha value is -1.31. The van der Waals surface area contributed by atoms with Gasteiger partial charge in [-0.15, -0.1) is 0 Å². The van der Waals surface area contributed by atoms with Crippen LogP contribution in [0.4, 0.5) is 0 Å². The second-order valence-corrected chi connectivity index (χ2v) is 4.90. The smallest absolute Gasteiger partial charge is 0.310 e. The highest BCUT2D eigenvalue weighted by Crippen LogP contribution is 2.18. The van der Waals surface area contributed by atoms with Gasteiger partial charge in [0.25, 0.3) is 0 Å². The maximum absolute atomic E-state index is 10.8. The normalized spacial score (nSPS) is 14.3. The third-order valence-corrected chi connectivity index (χ3v) is 3.22.